The van der Waals surface area contributed by atoms with Gasteiger partial charge in [0.15, 0.2) is 0 Å². The molecule has 170 valence electrons. The first-order chi connectivity index (χ1) is 15.2. The van der Waals surface area contributed by atoms with Crippen LogP contribution in [0.5, 0.6) is 0 Å². The van der Waals surface area contributed by atoms with Gasteiger partial charge in [0, 0.05) is 17.5 Å². The second kappa shape index (κ2) is 9.86. The summed E-state index contributed by atoms with van der Waals surface area (Å²) < 4.78 is 50.4. The minimum atomic E-state index is -4.58. The third kappa shape index (κ3) is 5.28. The van der Waals surface area contributed by atoms with Crippen LogP contribution in [0, 0.1) is 0 Å². The number of carbonyl (C=O) groups excluding carboxylic acids is 2. The molecule has 0 aliphatic heterocycles. The third-order valence-electron chi connectivity index (χ3n) is 4.86. The van der Waals surface area contributed by atoms with Crippen LogP contribution >= 0.6 is 0 Å². The SMILES string of the molecule is CCOC(=O)c1oc2ccccc2c1CN(CC)CC(=O)Nc1ccccc1C(F)(F)F. The number of halogens is 3. The molecule has 1 heterocycles. The predicted molar refractivity (Wildman–Crippen MR) is 113 cm³/mol. The summed E-state index contributed by atoms with van der Waals surface area (Å²) in [6.45, 7) is 4.08. The van der Waals surface area contributed by atoms with Crippen molar-refractivity contribution in [2.24, 2.45) is 0 Å². The van der Waals surface area contributed by atoms with E-state index in [0.29, 0.717) is 23.1 Å². The number of furan rings is 1. The molecule has 0 saturated heterocycles. The first-order valence-electron chi connectivity index (χ1n) is 10.1. The average molecular weight is 448 g/mol. The summed E-state index contributed by atoms with van der Waals surface area (Å²) in [5, 5.41) is 3.05. The largest absolute Gasteiger partial charge is 0.460 e. The maximum Gasteiger partial charge on any atom is 0.418 e. The van der Waals surface area contributed by atoms with Crippen molar-refractivity contribution in [3.63, 3.8) is 0 Å². The highest BCUT2D eigenvalue weighted by Gasteiger charge is 2.33. The van der Waals surface area contributed by atoms with Gasteiger partial charge in [0.2, 0.25) is 11.7 Å². The van der Waals surface area contributed by atoms with Gasteiger partial charge in [-0.1, -0.05) is 37.3 Å². The third-order valence-corrected chi connectivity index (χ3v) is 4.86. The molecule has 1 amide bonds. The van der Waals surface area contributed by atoms with Crippen LogP contribution in [0.3, 0.4) is 0 Å². The molecule has 2 aromatic carbocycles. The number of rotatable bonds is 8. The van der Waals surface area contributed by atoms with E-state index >= 15 is 0 Å². The zero-order valence-electron chi connectivity index (χ0n) is 17.7. The van der Waals surface area contributed by atoms with Gasteiger partial charge in [0.1, 0.15) is 5.58 Å². The summed E-state index contributed by atoms with van der Waals surface area (Å²) in [5.41, 5.74) is -0.154. The van der Waals surface area contributed by atoms with Gasteiger partial charge in [0.05, 0.1) is 24.4 Å². The first-order valence-corrected chi connectivity index (χ1v) is 10.1. The van der Waals surface area contributed by atoms with Crippen LogP contribution in [0.1, 0.15) is 35.5 Å². The molecule has 0 aliphatic rings. The van der Waals surface area contributed by atoms with E-state index in [1.807, 2.05) is 6.92 Å². The number of hydrogen-bond acceptors (Lipinski definition) is 5. The Morgan fingerprint density at radius 3 is 2.44 bits per heavy atom. The molecule has 0 spiro atoms. The van der Waals surface area contributed by atoms with Crippen LogP contribution in [0.25, 0.3) is 11.0 Å². The Balaban J connectivity index is 1.81. The molecule has 0 radical (unpaired) electrons. The highest BCUT2D eigenvalue weighted by atomic mass is 19.4. The van der Waals surface area contributed by atoms with Gasteiger partial charge in [-0.25, -0.2) is 4.79 Å². The molecule has 0 aliphatic carbocycles. The summed E-state index contributed by atoms with van der Waals surface area (Å²) >= 11 is 0. The number of alkyl halides is 3. The molecule has 32 heavy (non-hydrogen) atoms. The number of anilines is 1. The molecule has 0 atom stereocenters. The predicted octanol–water partition coefficient (Wildman–Crippen LogP) is 5.09. The number of hydrogen-bond donors (Lipinski definition) is 1. The lowest BCUT2D eigenvalue weighted by molar-refractivity contribution is -0.137. The molecule has 6 nitrogen and oxygen atoms in total. The van der Waals surface area contributed by atoms with Gasteiger partial charge in [-0.2, -0.15) is 13.2 Å². The number of ether oxygens (including phenoxy) is 1. The Hall–Kier alpha value is -3.33. The van der Waals surface area contributed by atoms with Crippen molar-refractivity contribution >= 4 is 28.5 Å². The van der Waals surface area contributed by atoms with E-state index < -0.39 is 23.6 Å². The number of nitrogens with zero attached hydrogens (tertiary/aromatic N) is 1. The molecular weight excluding hydrogens is 425 g/mol. The van der Waals surface area contributed by atoms with Gasteiger partial charge in [0.25, 0.3) is 0 Å². The fourth-order valence-electron chi connectivity index (χ4n) is 3.35. The number of nitrogens with one attached hydrogen (secondary N) is 1. The van der Waals surface area contributed by atoms with Crippen molar-refractivity contribution in [1.82, 2.24) is 4.90 Å². The Kier molecular flexibility index (Phi) is 7.19. The molecule has 3 rings (SSSR count). The lowest BCUT2D eigenvalue weighted by atomic mass is 10.1. The Bertz CT molecular complexity index is 1110. The highest BCUT2D eigenvalue weighted by Crippen LogP contribution is 2.34. The average Bonchev–Trinajstić information content (AvgIpc) is 3.11. The molecule has 1 N–H and O–H groups in total. The molecular formula is C23H23F3N2O4. The summed E-state index contributed by atoms with van der Waals surface area (Å²) in [6.07, 6.45) is -4.58. The standard InChI is InChI=1S/C23H23F3N2O4/c1-3-28(14-20(29)27-18-11-7-6-10-17(18)23(24,25)26)13-16-15-9-5-8-12-19(15)32-21(16)22(30)31-4-2/h5-12H,3-4,13-14H2,1-2H3,(H,27,29). The lowest BCUT2D eigenvalue weighted by Gasteiger charge is -2.21. The zero-order valence-corrected chi connectivity index (χ0v) is 17.7. The minimum absolute atomic E-state index is 0.0503. The van der Waals surface area contributed by atoms with Gasteiger partial charge in [-0.15, -0.1) is 0 Å². The maximum atomic E-state index is 13.2. The number of esters is 1. The Labute approximate surface area is 182 Å². The number of para-hydroxylation sites is 2. The lowest BCUT2D eigenvalue weighted by Crippen LogP contribution is -2.33. The fraction of sp³-hybridized carbons (Fsp3) is 0.304. The molecule has 1 aromatic heterocycles. The molecule has 3 aromatic rings. The number of likely N-dealkylation sites (N-methyl/N-ethyl adjacent to an activating group) is 1. The zero-order chi connectivity index (χ0) is 23.3. The molecule has 0 saturated carbocycles. The van der Waals surface area contributed by atoms with Gasteiger partial charge < -0.3 is 14.5 Å². The van der Waals surface area contributed by atoms with E-state index in [9.17, 15) is 22.8 Å². The summed E-state index contributed by atoms with van der Waals surface area (Å²) in [4.78, 5) is 26.6. The van der Waals surface area contributed by atoms with E-state index in [1.165, 1.54) is 18.2 Å². The van der Waals surface area contributed by atoms with Crippen LogP contribution in [0.4, 0.5) is 18.9 Å². The normalized spacial score (nSPS) is 11.7. The van der Waals surface area contributed by atoms with Crippen LogP contribution in [0.2, 0.25) is 0 Å². The van der Waals surface area contributed by atoms with Crippen molar-refractivity contribution in [1.29, 1.82) is 0 Å². The number of carbonyl (C=O) groups is 2. The van der Waals surface area contributed by atoms with Crippen molar-refractivity contribution in [3.8, 4) is 0 Å². The number of benzene rings is 2. The molecule has 9 heteroatoms. The second-order valence-electron chi connectivity index (χ2n) is 7.02. The minimum Gasteiger partial charge on any atom is -0.460 e. The van der Waals surface area contributed by atoms with Crippen molar-refractivity contribution in [2.75, 3.05) is 25.0 Å². The smallest absolute Gasteiger partial charge is 0.418 e. The van der Waals surface area contributed by atoms with Crippen LogP contribution in [0.15, 0.2) is 52.9 Å². The highest BCUT2D eigenvalue weighted by molar-refractivity contribution is 5.96. The maximum absolute atomic E-state index is 13.2. The van der Waals surface area contributed by atoms with E-state index in [2.05, 4.69) is 5.32 Å². The van der Waals surface area contributed by atoms with E-state index in [1.54, 1.807) is 36.1 Å². The monoisotopic (exact) mass is 448 g/mol. The second-order valence-corrected chi connectivity index (χ2v) is 7.02. The quantitative estimate of drug-likeness (QED) is 0.486. The van der Waals surface area contributed by atoms with Crippen molar-refractivity contribution in [3.05, 3.63) is 65.4 Å². The molecule has 0 unspecified atom stereocenters. The summed E-state index contributed by atoms with van der Waals surface area (Å²) in [6, 6.07) is 11.9. The summed E-state index contributed by atoms with van der Waals surface area (Å²) in [7, 11) is 0. The van der Waals surface area contributed by atoms with Gasteiger partial charge in [-0.3, -0.25) is 9.69 Å². The van der Waals surface area contributed by atoms with Crippen LogP contribution in [-0.2, 0) is 22.3 Å². The van der Waals surface area contributed by atoms with E-state index in [4.69, 9.17) is 9.15 Å². The Morgan fingerprint density at radius 1 is 1.06 bits per heavy atom. The topological polar surface area (TPSA) is 71.8 Å². The van der Waals surface area contributed by atoms with Gasteiger partial charge >= 0.3 is 12.1 Å². The van der Waals surface area contributed by atoms with Crippen molar-refractivity contribution < 1.29 is 31.9 Å². The first kappa shape index (κ1) is 23.3. The Morgan fingerprint density at radius 2 is 1.75 bits per heavy atom. The van der Waals surface area contributed by atoms with Gasteiger partial charge in [-0.05, 0) is 31.7 Å². The molecule has 0 fully saturated rings. The molecule has 0 bridgehead atoms. The van der Waals surface area contributed by atoms with Crippen LogP contribution in [-0.4, -0.2) is 36.5 Å². The van der Waals surface area contributed by atoms with E-state index in [0.717, 1.165) is 6.07 Å². The summed E-state index contributed by atoms with van der Waals surface area (Å²) in [5.74, 6) is -1.17. The van der Waals surface area contributed by atoms with Crippen molar-refractivity contribution in [2.45, 2.75) is 26.6 Å². The number of amides is 1. The van der Waals surface area contributed by atoms with E-state index in [-0.39, 0.29) is 31.1 Å². The fourth-order valence-corrected chi connectivity index (χ4v) is 3.35. The van der Waals surface area contributed by atoms with Crippen LogP contribution < -0.4 is 5.32 Å². The number of fused-ring (bicyclic) bond motifs is 1.